The first-order valence-electron chi connectivity index (χ1n) is 6.81. The highest BCUT2D eigenvalue weighted by molar-refractivity contribution is 5.68. The molecule has 1 fully saturated rings. The van der Waals surface area contributed by atoms with Crippen LogP contribution in [0.2, 0.25) is 0 Å². The number of aryl methyl sites for hydroxylation is 1. The van der Waals surface area contributed by atoms with Crippen LogP contribution >= 0.6 is 0 Å². The minimum Gasteiger partial charge on any atom is -0.480 e. The van der Waals surface area contributed by atoms with Crippen molar-refractivity contribution in [2.75, 3.05) is 24.6 Å². The molecule has 1 aliphatic heterocycles. The molecule has 1 heterocycles. The van der Waals surface area contributed by atoms with Crippen molar-refractivity contribution in [2.24, 2.45) is 0 Å². The van der Waals surface area contributed by atoms with Crippen molar-refractivity contribution >= 4 is 17.3 Å². The molecule has 0 radical (unpaired) electrons. The number of piperidine rings is 1. The van der Waals surface area contributed by atoms with E-state index in [2.05, 4.69) is 4.90 Å². The Labute approximate surface area is 122 Å². The predicted molar refractivity (Wildman–Crippen MR) is 76.7 cm³/mol. The maximum absolute atomic E-state index is 10.9. The normalized spacial score (nSPS) is 16.0. The van der Waals surface area contributed by atoms with Crippen molar-refractivity contribution in [2.45, 2.75) is 25.9 Å². The lowest BCUT2D eigenvalue weighted by Gasteiger charge is -2.34. The van der Waals surface area contributed by atoms with Crippen LogP contribution in [0.5, 0.6) is 0 Å². The van der Waals surface area contributed by atoms with Gasteiger partial charge in [-0.15, -0.1) is 0 Å². The molecule has 7 nitrogen and oxygen atoms in total. The molecular formula is C14H18N2O5. The van der Waals surface area contributed by atoms with Crippen LogP contribution < -0.4 is 4.90 Å². The topological polar surface area (TPSA) is 92.9 Å². The molecule has 114 valence electrons. The number of nitro groups is 1. The Hall–Kier alpha value is -2.15. The van der Waals surface area contributed by atoms with E-state index < -0.39 is 10.9 Å². The van der Waals surface area contributed by atoms with E-state index in [0.717, 1.165) is 24.1 Å². The number of aliphatic carboxylic acids is 1. The van der Waals surface area contributed by atoms with E-state index in [4.69, 9.17) is 9.84 Å². The van der Waals surface area contributed by atoms with Crippen molar-refractivity contribution in [1.29, 1.82) is 0 Å². The van der Waals surface area contributed by atoms with Crippen LogP contribution in [-0.2, 0) is 9.53 Å². The number of anilines is 1. The van der Waals surface area contributed by atoms with Crippen molar-refractivity contribution in [3.8, 4) is 0 Å². The number of carbonyl (C=O) groups is 1. The van der Waals surface area contributed by atoms with E-state index in [9.17, 15) is 14.9 Å². The van der Waals surface area contributed by atoms with Gasteiger partial charge in [-0.3, -0.25) is 10.1 Å². The van der Waals surface area contributed by atoms with E-state index in [0.29, 0.717) is 13.1 Å². The molecule has 1 aliphatic rings. The molecule has 7 heteroatoms. The molecule has 0 unspecified atom stereocenters. The minimum absolute atomic E-state index is 0.0589. The second-order valence-electron chi connectivity index (χ2n) is 5.12. The summed E-state index contributed by atoms with van der Waals surface area (Å²) in [7, 11) is 0. The van der Waals surface area contributed by atoms with Crippen LogP contribution in [0.4, 0.5) is 11.4 Å². The Bertz CT molecular complexity index is 538. The van der Waals surface area contributed by atoms with Crippen molar-refractivity contribution in [3.63, 3.8) is 0 Å². The maximum atomic E-state index is 10.9. The number of hydrogen-bond donors (Lipinski definition) is 1. The second kappa shape index (κ2) is 6.53. The summed E-state index contributed by atoms with van der Waals surface area (Å²) in [5.41, 5.74) is 1.94. The van der Waals surface area contributed by atoms with E-state index >= 15 is 0 Å². The summed E-state index contributed by atoms with van der Waals surface area (Å²) < 4.78 is 5.29. The highest BCUT2D eigenvalue weighted by Gasteiger charge is 2.22. The molecule has 0 bridgehead atoms. The van der Waals surface area contributed by atoms with Gasteiger partial charge in [0.25, 0.3) is 5.69 Å². The highest BCUT2D eigenvalue weighted by atomic mass is 16.6. The zero-order valence-corrected chi connectivity index (χ0v) is 11.8. The summed E-state index contributed by atoms with van der Waals surface area (Å²) in [6, 6.07) is 4.84. The van der Waals surface area contributed by atoms with E-state index in [1.54, 1.807) is 12.1 Å². The second-order valence-corrected chi connectivity index (χ2v) is 5.12. The number of carboxylic acids is 1. The van der Waals surface area contributed by atoms with E-state index in [-0.39, 0.29) is 18.4 Å². The standard InChI is InChI=1S/C14H18N2O5/c1-10-2-3-11(16(19)20)8-13(10)15-6-4-12(5-7-15)21-9-14(17)18/h2-3,8,12H,4-7,9H2,1H3,(H,17,18). The van der Waals surface area contributed by atoms with Gasteiger partial charge in [0.2, 0.25) is 0 Å². The van der Waals surface area contributed by atoms with Gasteiger partial charge in [0.05, 0.1) is 11.0 Å². The van der Waals surface area contributed by atoms with Crippen LogP contribution in [0.25, 0.3) is 0 Å². The van der Waals surface area contributed by atoms with Gasteiger partial charge >= 0.3 is 5.97 Å². The van der Waals surface area contributed by atoms with Gasteiger partial charge < -0.3 is 14.7 Å². The Morgan fingerprint density at radius 2 is 2.14 bits per heavy atom. The van der Waals surface area contributed by atoms with Crippen LogP contribution in [0.15, 0.2) is 18.2 Å². The summed E-state index contributed by atoms with van der Waals surface area (Å²) in [5.74, 6) is -0.966. The minimum atomic E-state index is -0.966. The van der Waals surface area contributed by atoms with Crippen LogP contribution in [0.3, 0.4) is 0 Å². The van der Waals surface area contributed by atoms with Crippen LogP contribution in [-0.4, -0.2) is 41.8 Å². The molecule has 1 saturated heterocycles. The first kappa shape index (κ1) is 15.2. The number of nitrogens with zero attached hydrogens (tertiary/aromatic N) is 2. The first-order valence-corrected chi connectivity index (χ1v) is 6.81. The largest absolute Gasteiger partial charge is 0.480 e. The molecule has 0 aromatic heterocycles. The Morgan fingerprint density at radius 1 is 1.48 bits per heavy atom. The summed E-state index contributed by atoms with van der Waals surface area (Å²) in [5, 5.41) is 19.5. The fraction of sp³-hybridized carbons (Fsp3) is 0.500. The zero-order valence-electron chi connectivity index (χ0n) is 11.8. The molecule has 0 atom stereocenters. The number of benzene rings is 1. The molecule has 0 amide bonds. The SMILES string of the molecule is Cc1ccc([N+](=O)[O-])cc1N1CCC(OCC(=O)O)CC1. The molecule has 0 saturated carbocycles. The number of non-ortho nitro benzene ring substituents is 1. The van der Waals surface area contributed by atoms with Gasteiger partial charge in [0.1, 0.15) is 6.61 Å². The number of rotatable bonds is 5. The lowest BCUT2D eigenvalue weighted by Crippen LogP contribution is -2.38. The molecule has 1 N–H and O–H groups in total. The van der Waals surface area contributed by atoms with Gasteiger partial charge in [-0.25, -0.2) is 4.79 Å². The van der Waals surface area contributed by atoms with Gasteiger partial charge in [-0.1, -0.05) is 6.07 Å². The summed E-state index contributed by atoms with van der Waals surface area (Å²) >= 11 is 0. The van der Waals surface area contributed by atoms with Crippen molar-refractivity contribution < 1.29 is 19.6 Å². The summed E-state index contributed by atoms with van der Waals surface area (Å²) in [6.07, 6.45) is 1.38. The fourth-order valence-electron chi connectivity index (χ4n) is 2.50. The van der Waals surface area contributed by atoms with Gasteiger partial charge in [0, 0.05) is 30.9 Å². The highest BCUT2D eigenvalue weighted by Crippen LogP contribution is 2.28. The lowest BCUT2D eigenvalue weighted by molar-refractivity contribution is -0.384. The Morgan fingerprint density at radius 3 is 2.71 bits per heavy atom. The number of ether oxygens (including phenoxy) is 1. The molecule has 0 spiro atoms. The van der Waals surface area contributed by atoms with E-state index in [1.807, 2.05) is 6.92 Å². The van der Waals surface area contributed by atoms with Crippen LogP contribution in [0.1, 0.15) is 18.4 Å². The molecule has 1 aromatic carbocycles. The average Bonchev–Trinajstić information content (AvgIpc) is 2.46. The third kappa shape index (κ3) is 3.91. The summed E-state index contributed by atoms with van der Waals surface area (Å²) in [6.45, 7) is 3.05. The zero-order chi connectivity index (χ0) is 15.4. The number of nitro benzene ring substituents is 1. The summed E-state index contributed by atoms with van der Waals surface area (Å²) in [4.78, 5) is 23.0. The smallest absolute Gasteiger partial charge is 0.329 e. The number of hydrogen-bond acceptors (Lipinski definition) is 5. The average molecular weight is 294 g/mol. The number of carboxylic acid groups (broad SMARTS) is 1. The third-order valence-corrected chi connectivity index (χ3v) is 3.63. The third-order valence-electron chi connectivity index (χ3n) is 3.63. The van der Waals surface area contributed by atoms with Gasteiger partial charge in [0.15, 0.2) is 0 Å². The lowest BCUT2D eigenvalue weighted by atomic mass is 10.0. The quantitative estimate of drug-likeness (QED) is 0.659. The fourth-order valence-corrected chi connectivity index (χ4v) is 2.50. The molecule has 21 heavy (non-hydrogen) atoms. The van der Waals surface area contributed by atoms with Crippen LogP contribution in [0, 0.1) is 17.0 Å². The monoisotopic (exact) mass is 294 g/mol. The van der Waals surface area contributed by atoms with Crippen molar-refractivity contribution in [3.05, 3.63) is 33.9 Å². The van der Waals surface area contributed by atoms with E-state index in [1.165, 1.54) is 6.07 Å². The maximum Gasteiger partial charge on any atom is 0.329 e. The molecule has 1 aromatic rings. The molecule has 2 rings (SSSR count). The predicted octanol–water partition coefficient (Wildman–Crippen LogP) is 1.97. The van der Waals surface area contributed by atoms with Gasteiger partial charge in [-0.05, 0) is 25.3 Å². The first-order chi connectivity index (χ1) is 9.97. The van der Waals surface area contributed by atoms with Crippen molar-refractivity contribution in [1.82, 2.24) is 0 Å². The van der Waals surface area contributed by atoms with Gasteiger partial charge in [-0.2, -0.15) is 0 Å². The Kier molecular flexibility index (Phi) is 4.74. The Balaban J connectivity index is 2.00. The molecule has 0 aliphatic carbocycles. The molecular weight excluding hydrogens is 276 g/mol.